The third-order valence-corrected chi connectivity index (χ3v) is 3.85. The Morgan fingerprint density at radius 1 is 1.04 bits per heavy atom. The summed E-state index contributed by atoms with van der Waals surface area (Å²) in [4.78, 5) is 37.1. The van der Waals surface area contributed by atoms with E-state index in [0.717, 1.165) is 18.4 Å². The van der Waals surface area contributed by atoms with Crippen LogP contribution < -0.4 is 0 Å². The molecule has 0 N–H and O–H groups in total. The number of carbonyl (C=O) groups excluding carboxylic acids is 3. The van der Waals surface area contributed by atoms with Crippen molar-refractivity contribution < 1.29 is 28.6 Å². The number of esters is 2. The predicted octanol–water partition coefficient (Wildman–Crippen LogP) is 2.88. The molecule has 0 atom stereocenters. The van der Waals surface area contributed by atoms with E-state index in [4.69, 9.17) is 14.2 Å². The lowest BCUT2D eigenvalue weighted by molar-refractivity contribution is -0.155. The van der Waals surface area contributed by atoms with Crippen LogP contribution in [0.2, 0.25) is 0 Å². The zero-order chi connectivity index (χ0) is 19.2. The lowest BCUT2D eigenvalue weighted by Crippen LogP contribution is -2.49. The van der Waals surface area contributed by atoms with Crippen molar-refractivity contribution in [1.29, 1.82) is 0 Å². The van der Waals surface area contributed by atoms with Crippen LogP contribution in [0, 0.1) is 5.92 Å². The maximum atomic E-state index is 12.3. The molecule has 7 nitrogen and oxygen atoms in total. The molecule has 2 rings (SSSR count). The highest BCUT2D eigenvalue weighted by Gasteiger charge is 2.33. The average Bonchev–Trinajstić information content (AvgIpc) is 3.42. The van der Waals surface area contributed by atoms with E-state index in [9.17, 15) is 14.4 Å². The molecule has 1 aromatic carbocycles. The van der Waals surface area contributed by atoms with Gasteiger partial charge in [-0.25, -0.2) is 4.79 Å². The Morgan fingerprint density at radius 3 is 2.27 bits per heavy atom. The van der Waals surface area contributed by atoms with Gasteiger partial charge in [0.25, 0.3) is 0 Å². The van der Waals surface area contributed by atoms with Gasteiger partial charge < -0.3 is 14.2 Å². The van der Waals surface area contributed by atoms with Gasteiger partial charge in [0, 0.05) is 5.54 Å². The molecule has 1 aliphatic carbocycles. The minimum absolute atomic E-state index is 0.0691. The lowest BCUT2D eigenvalue weighted by Gasteiger charge is -2.33. The smallest absolute Gasteiger partial charge is 0.413 e. The summed E-state index contributed by atoms with van der Waals surface area (Å²) in [6.07, 6.45) is 0.889. The van der Waals surface area contributed by atoms with E-state index in [1.807, 2.05) is 30.3 Å². The first-order valence-electron chi connectivity index (χ1n) is 8.58. The van der Waals surface area contributed by atoms with Crippen LogP contribution in [-0.4, -0.2) is 41.8 Å². The first kappa shape index (κ1) is 19.8. The van der Waals surface area contributed by atoms with Gasteiger partial charge in [0.15, 0.2) is 0 Å². The molecule has 0 bridgehead atoms. The Labute approximate surface area is 153 Å². The van der Waals surface area contributed by atoms with Gasteiger partial charge >= 0.3 is 18.0 Å². The average molecular weight is 363 g/mol. The van der Waals surface area contributed by atoms with Gasteiger partial charge in [-0.15, -0.1) is 0 Å². The maximum Gasteiger partial charge on any atom is 0.413 e. The molecule has 1 aliphatic rings. The fourth-order valence-electron chi connectivity index (χ4n) is 2.14. The summed E-state index contributed by atoms with van der Waals surface area (Å²) in [7, 11) is 0. The fourth-order valence-corrected chi connectivity index (χ4v) is 2.14. The van der Waals surface area contributed by atoms with Crippen LogP contribution in [0.5, 0.6) is 0 Å². The van der Waals surface area contributed by atoms with E-state index in [0.29, 0.717) is 0 Å². The van der Waals surface area contributed by atoms with Crippen LogP contribution in [0.1, 0.15) is 39.2 Å². The summed E-state index contributed by atoms with van der Waals surface area (Å²) in [5.74, 6) is -0.974. The largest absolute Gasteiger partial charge is 0.459 e. The van der Waals surface area contributed by atoms with Crippen molar-refractivity contribution in [2.75, 3.05) is 13.3 Å². The van der Waals surface area contributed by atoms with E-state index in [1.54, 1.807) is 20.8 Å². The van der Waals surface area contributed by atoms with Gasteiger partial charge in [0.1, 0.15) is 13.2 Å². The van der Waals surface area contributed by atoms with Crippen molar-refractivity contribution >= 4 is 18.0 Å². The second-order valence-electron chi connectivity index (χ2n) is 7.17. The minimum atomic E-state index is -0.738. The molecule has 1 saturated carbocycles. The molecule has 0 aliphatic heterocycles. The van der Waals surface area contributed by atoms with Crippen LogP contribution in [0.3, 0.4) is 0 Å². The Balaban J connectivity index is 1.82. The molecule has 0 saturated heterocycles. The molecule has 0 aromatic heterocycles. The van der Waals surface area contributed by atoms with Crippen molar-refractivity contribution in [1.82, 2.24) is 4.90 Å². The number of benzene rings is 1. The van der Waals surface area contributed by atoms with Crippen LogP contribution in [0.4, 0.5) is 4.79 Å². The van der Waals surface area contributed by atoms with E-state index >= 15 is 0 Å². The van der Waals surface area contributed by atoms with Crippen molar-refractivity contribution in [2.45, 2.75) is 45.8 Å². The molecule has 0 radical (unpaired) electrons. The van der Waals surface area contributed by atoms with Crippen LogP contribution in [0.25, 0.3) is 0 Å². The summed E-state index contributed by atoms with van der Waals surface area (Å²) in [6, 6.07) is 9.27. The predicted molar refractivity (Wildman–Crippen MR) is 92.9 cm³/mol. The number of hydrogen-bond acceptors (Lipinski definition) is 6. The van der Waals surface area contributed by atoms with Gasteiger partial charge in [-0.05, 0) is 39.2 Å². The number of amides is 1. The van der Waals surface area contributed by atoms with E-state index < -0.39 is 24.4 Å². The second-order valence-corrected chi connectivity index (χ2v) is 7.17. The van der Waals surface area contributed by atoms with E-state index in [-0.39, 0.29) is 25.0 Å². The quantitative estimate of drug-likeness (QED) is 0.547. The van der Waals surface area contributed by atoms with Crippen molar-refractivity contribution in [3.05, 3.63) is 35.9 Å². The standard InChI is InChI=1S/C19H25NO6/c1-19(2,3)20(18(23)26-13-25-17(22)15-9-10-15)11-16(21)24-12-14-7-5-4-6-8-14/h4-8,15H,9-13H2,1-3H3. The highest BCUT2D eigenvalue weighted by molar-refractivity contribution is 5.79. The van der Waals surface area contributed by atoms with E-state index in [2.05, 4.69) is 0 Å². The summed E-state index contributed by atoms with van der Waals surface area (Å²) >= 11 is 0. The topological polar surface area (TPSA) is 82.1 Å². The molecule has 26 heavy (non-hydrogen) atoms. The van der Waals surface area contributed by atoms with Gasteiger partial charge in [-0.2, -0.15) is 0 Å². The number of carbonyl (C=O) groups is 3. The zero-order valence-corrected chi connectivity index (χ0v) is 15.4. The first-order valence-corrected chi connectivity index (χ1v) is 8.58. The van der Waals surface area contributed by atoms with Crippen molar-refractivity contribution in [3.63, 3.8) is 0 Å². The zero-order valence-electron chi connectivity index (χ0n) is 15.4. The number of hydrogen-bond donors (Lipinski definition) is 0. The van der Waals surface area contributed by atoms with Crippen LogP contribution in [-0.2, 0) is 30.4 Å². The Morgan fingerprint density at radius 2 is 1.69 bits per heavy atom. The second kappa shape index (κ2) is 8.69. The Hall–Kier alpha value is -2.57. The normalized spacial score (nSPS) is 13.7. The van der Waals surface area contributed by atoms with Gasteiger partial charge in [0.05, 0.1) is 5.92 Å². The molecule has 0 heterocycles. The maximum absolute atomic E-state index is 12.3. The molecule has 1 fully saturated rings. The van der Waals surface area contributed by atoms with Crippen LogP contribution in [0.15, 0.2) is 30.3 Å². The summed E-state index contributed by atoms with van der Waals surface area (Å²) in [5, 5.41) is 0. The highest BCUT2D eigenvalue weighted by atomic mass is 16.7. The molecule has 0 spiro atoms. The fraction of sp³-hybridized carbons (Fsp3) is 0.526. The summed E-state index contributed by atoms with van der Waals surface area (Å²) in [6.45, 7) is 4.73. The lowest BCUT2D eigenvalue weighted by atomic mass is 10.1. The molecule has 7 heteroatoms. The first-order chi connectivity index (χ1) is 12.3. The summed E-state index contributed by atoms with van der Waals surface area (Å²) < 4.78 is 15.1. The Bertz CT molecular complexity index is 633. The number of nitrogens with zero attached hydrogens (tertiary/aromatic N) is 1. The molecule has 142 valence electrons. The third-order valence-electron chi connectivity index (χ3n) is 3.85. The molecule has 0 unspecified atom stereocenters. The SMILES string of the molecule is CC(C)(C)N(CC(=O)OCc1ccccc1)C(=O)OCOC(=O)C1CC1. The molecular formula is C19H25NO6. The number of ether oxygens (including phenoxy) is 3. The highest BCUT2D eigenvalue weighted by Crippen LogP contribution is 2.30. The van der Waals surface area contributed by atoms with Gasteiger partial charge in [0.2, 0.25) is 6.79 Å². The molecular weight excluding hydrogens is 338 g/mol. The molecule has 1 aromatic rings. The molecule has 1 amide bonds. The van der Waals surface area contributed by atoms with Crippen molar-refractivity contribution in [3.8, 4) is 0 Å². The van der Waals surface area contributed by atoms with Gasteiger partial charge in [-0.3, -0.25) is 14.5 Å². The monoisotopic (exact) mass is 363 g/mol. The van der Waals surface area contributed by atoms with Gasteiger partial charge in [-0.1, -0.05) is 30.3 Å². The van der Waals surface area contributed by atoms with Crippen LogP contribution >= 0.6 is 0 Å². The number of rotatable bonds is 7. The minimum Gasteiger partial charge on any atom is -0.459 e. The van der Waals surface area contributed by atoms with Crippen molar-refractivity contribution in [2.24, 2.45) is 5.92 Å². The Kier molecular flexibility index (Phi) is 6.60. The third kappa shape index (κ3) is 6.38. The van der Waals surface area contributed by atoms with E-state index in [1.165, 1.54) is 4.90 Å². The summed E-state index contributed by atoms with van der Waals surface area (Å²) in [5.41, 5.74) is 0.196.